The van der Waals surface area contributed by atoms with E-state index in [1.165, 1.54) is 6.42 Å². The van der Waals surface area contributed by atoms with Gasteiger partial charge in [-0.1, -0.05) is 12.1 Å². The number of aromatic nitrogens is 2. The molecule has 1 aliphatic rings. The van der Waals surface area contributed by atoms with Gasteiger partial charge in [0, 0.05) is 45.0 Å². The van der Waals surface area contributed by atoms with E-state index in [1.54, 1.807) is 10.6 Å². The van der Waals surface area contributed by atoms with Crippen molar-refractivity contribution in [3.05, 3.63) is 58.6 Å². The Morgan fingerprint density at radius 3 is 2.83 bits per heavy atom. The Kier molecular flexibility index (Phi) is 5.30. The Morgan fingerprint density at radius 2 is 2.04 bits per heavy atom. The quantitative estimate of drug-likeness (QED) is 0.864. The first-order valence-electron chi connectivity index (χ1n) is 8.66. The van der Waals surface area contributed by atoms with Gasteiger partial charge in [0.25, 0.3) is 5.56 Å². The van der Waals surface area contributed by atoms with Gasteiger partial charge in [0.15, 0.2) is 0 Å². The fourth-order valence-electron chi connectivity index (χ4n) is 3.50. The average Bonchev–Trinajstić information content (AvgIpc) is 2.84. The molecule has 1 fully saturated rings. The van der Waals surface area contributed by atoms with Crippen molar-refractivity contribution >= 4 is 5.82 Å². The van der Waals surface area contributed by atoms with Crippen LogP contribution >= 0.6 is 0 Å². The summed E-state index contributed by atoms with van der Waals surface area (Å²) in [5.41, 5.74) is 1.17. The van der Waals surface area contributed by atoms with Crippen molar-refractivity contribution in [2.24, 2.45) is 7.05 Å². The predicted octanol–water partition coefficient (Wildman–Crippen LogP) is 2.27. The summed E-state index contributed by atoms with van der Waals surface area (Å²) in [5, 5.41) is 0. The molecule has 1 saturated heterocycles. The topological polar surface area (TPSA) is 41.4 Å². The summed E-state index contributed by atoms with van der Waals surface area (Å²) in [6.07, 6.45) is 5.28. The summed E-state index contributed by atoms with van der Waals surface area (Å²) in [7, 11) is 4.04. The van der Waals surface area contributed by atoms with Crippen molar-refractivity contribution in [3.63, 3.8) is 0 Å². The summed E-state index contributed by atoms with van der Waals surface area (Å²) in [6, 6.07) is 12.1. The van der Waals surface area contributed by atoms with Gasteiger partial charge < -0.3 is 4.90 Å². The molecule has 3 heterocycles. The smallest absolute Gasteiger partial charge is 0.251 e. The summed E-state index contributed by atoms with van der Waals surface area (Å²) in [6.45, 7) is 2.87. The van der Waals surface area contributed by atoms with Crippen LogP contribution in [0.2, 0.25) is 0 Å². The van der Waals surface area contributed by atoms with Gasteiger partial charge in [0.2, 0.25) is 0 Å². The molecule has 0 bridgehead atoms. The summed E-state index contributed by atoms with van der Waals surface area (Å²) in [5.74, 6) is 1.02. The molecule has 0 saturated carbocycles. The van der Waals surface area contributed by atoms with Gasteiger partial charge in [-0.2, -0.15) is 0 Å². The van der Waals surface area contributed by atoms with Crippen LogP contribution in [0.4, 0.5) is 5.82 Å². The van der Waals surface area contributed by atoms with Gasteiger partial charge in [0.05, 0.1) is 5.69 Å². The van der Waals surface area contributed by atoms with Crippen LogP contribution in [0.5, 0.6) is 0 Å². The molecule has 5 nitrogen and oxygen atoms in total. The Morgan fingerprint density at radius 1 is 1.17 bits per heavy atom. The lowest BCUT2D eigenvalue weighted by Crippen LogP contribution is -2.34. The highest BCUT2D eigenvalue weighted by Crippen LogP contribution is 2.21. The van der Waals surface area contributed by atoms with E-state index in [4.69, 9.17) is 0 Å². The molecule has 1 aliphatic heterocycles. The van der Waals surface area contributed by atoms with Crippen molar-refractivity contribution in [2.45, 2.75) is 31.8 Å². The minimum absolute atomic E-state index is 0.0561. The van der Waals surface area contributed by atoms with Crippen LogP contribution in [0, 0.1) is 0 Å². The van der Waals surface area contributed by atoms with Crippen LogP contribution in [-0.2, 0) is 13.6 Å². The number of rotatable bonds is 4. The molecule has 0 radical (unpaired) electrons. The first kappa shape index (κ1) is 16.7. The summed E-state index contributed by atoms with van der Waals surface area (Å²) in [4.78, 5) is 21.1. The lowest BCUT2D eigenvalue weighted by atomic mass is 10.1. The number of hydrogen-bond donors (Lipinski definition) is 0. The molecule has 0 N–H and O–H groups in total. The van der Waals surface area contributed by atoms with Gasteiger partial charge in [0.1, 0.15) is 5.82 Å². The second-order valence-electron chi connectivity index (χ2n) is 6.59. The maximum absolute atomic E-state index is 11.9. The van der Waals surface area contributed by atoms with E-state index in [-0.39, 0.29) is 5.56 Å². The molecule has 0 amide bonds. The molecule has 3 rings (SSSR count). The zero-order valence-electron chi connectivity index (χ0n) is 14.6. The zero-order valence-corrected chi connectivity index (χ0v) is 14.6. The van der Waals surface area contributed by atoms with Crippen molar-refractivity contribution in [1.82, 2.24) is 14.5 Å². The lowest BCUT2D eigenvalue weighted by molar-refractivity contribution is 0.215. The van der Waals surface area contributed by atoms with E-state index in [9.17, 15) is 4.79 Å². The number of anilines is 1. The molecule has 24 heavy (non-hydrogen) atoms. The first-order chi connectivity index (χ1) is 11.6. The molecule has 0 aliphatic carbocycles. The van der Waals surface area contributed by atoms with Crippen LogP contribution in [0.15, 0.2) is 47.4 Å². The second kappa shape index (κ2) is 7.62. The fourth-order valence-corrected chi connectivity index (χ4v) is 3.50. The van der Waals surface area contributed by atoms with E-state index in [0.29, 0.717) is 6.04 Å². The molecular weight excluding hydrogens is 300 g/mol. The van der Waals surface area contributed by atoms with Gasteiger partial charge in [-0.3, -0.25) is 19.2 Å². The van der Waals surface area contributed by atoms with Crippen LogP contribution < -0.4 is 10.5 Å². The van der Waals surface area contributed by atoms with E-state index < -0.39 is 0 Å². The molecule has 0 unspecified atom stereocenters. The maximum atomic E-state index is 11.9. The van der Waals surface area contributed by atoms with Gasteiger partial charge in [-0.15, -0.1) is 0 Å². The van der Waals surface area contributed by atoms with Crippen LogP contribution in [0.1, 0.15) is 25.0 Å². The molecule has 1 atom stereocenters. The molecule has 2 aromatic heterocycles. The van der Waals surface area contributed by atoms with Crippen molar-refractivity contribution < 1.29 is 0 Å². The minimum atomic E-state index is 0.0561. The van der Waals surface area contributed by atoms with Crippen LogP contribution in [-0.4, -0.2) is 40.6 Å². The monoisotopic (exact) mass is 326 g/mol. The fraction of sp³-hybridized carbons (Fsp3) is 0.474. The molecular formula is C19H26N4O. The third-order valence-electron chi connectivity index (χ3n) is 4.94. The highest BCUT2D eigenvalue weighted by atomic mass is 16.1. The average molecular weight is 326 g/mol. The largest absolute Gasteiger partial charge is 0.358 e. The molecule has 2 aromatic rings. The normalized spacial score (nSPS) is 18.6. The van der Waals surface area contributed by atoms with Crippen molar-refractivity contribution in [3.8, 4) is 0 Å². The molecule has 128 valence electrons. The Bertz CT molecular complexity index is 713. The van der Waals surface area contributed by atoms with Crippen LogP contribution in [0.3, 0.4) is 0 Å². The lowest BCUT2D eigenvalue weighted by Gasteiger charge is -2.28. The third kappa shape index (κ3) is 3.85. The Balaban J connectivity index is 1.64. The van der Waals surface area contributed by atoms with E-state index in [0.717, 1.165) is 44.0 Å². The Labute approximate surface area is 143 Å². The highest BCUT2D eigenvalue weighted by molar-refractivity contribution is 5.39. The predicted molar refractivity (Wildman–Crippen MR) is 97.2 cm³/mol. The molecule has 0 aromatic carbocycles. The van der Waals surface area contributed by atoms with Gasteiger partial charge >= 0.3 is 0 Å². The SMILES string of the molecule is CN(Cc1ccccn1)[C@H]1CCCN(c2cccc(=O)n2C)CC1. The number of hydrogen-bond acceptors (Lipinski definition) is 4. The van der Waals surface area contributed by atoms with Gasteiger partial charge in [-0.25, -0.2) is 0 Å². The zero-order chi connectivity index (χ0) is 16.9. The van der Waals surface area contributed by atoms with Crippen molar-refractivity contribution in [1.29, 1.82) is 0 Å². The van der Waals surface area contributed by atoms with Crippen molar-refractivity contribution in [2.75, 3.05) is 25.0 Å². The van der Waals surface area contributed by atoms with E-state index in [1.807, 2.05) is 37.5 Å². The summed E-state index contributed by atoms with van der Waals surface area (Å²) < 4.78 is 1.75. The number of nitrogens with zero attached hydrogens (tertiary/aromatic N) is 4. The maximum Gasteiger partial charge on any atom is 0.251 e. The second-order valence-corrected chi connectivity index (χ2v) is 6.59. The third-order valence-corrected chi connectivity index (χ3v) is 4.94. The van der Waals surface area contributed by atoms with Crippen LogP contribution in [0.25, 0.3) is 0 Å². The summed E-state index contributed by atoms with van der Waals surface area (Å²) >= 11 is 0. The highest BCUT2D eigenvalue weighted by Gasteiger charge is 2.21. The standard InChI is InChI=1S/C19H26N4O/c1-21(15-16-7-3-4-12-20-16)17-8-6-13-23(14-11-17)18-9-5-10-19(24)22(18)2/h3-5,7,9-10,12,17H,6,8,11,13-15H2,1-2H3/t17-/m0/s1. The van der Waals surface area contributed by atoms with Gasteiger partial charge in [-0.05, 0) is 44.5 Å². The minimum Gasteiger partial charge on any atom is -0.358 e. The first-order valence-corrected chi connectivity index (χ1v) is 8.66. The Hall–Kier alpha value is -2.14. The number of pyridine rings is 2. The van der Waals surface area contributed by atoms with E-state index >= 15 is 0 Å². The van der Waals surface area contributed by atoms with E-state index in [2.05, 4.69) is 27.9 Å². The molecule has 0 spiro atoms. The molecule has 5 heteroatoms.